The van der Waals surface area contributed by atoms with Crippen LogP contribution < -0.4 is 0 Å². The Hall–Kier alpha value is -4.52. The molecule has 2 aromatic heterocycles. The van der Waals surface area contributed by atoms with Crippen LogP contribution in [0.2, 0.25) is 20.1 Å². The van der Waals surface area contributed by atoms with Crippen LogP contribution in [0.1, 0.15) is 78.8 Å². The molecule has 0 unspecified atom stereocenters. The number of rotatable bonds is 8. The molecule has 0 atom stereocenters. The summed E-state index contributed by atoms with van der Waals surface area (Å²) < 4.78 is 80.2. The second-order valence-electron chi connectivity index (χ2n) is 16.4. The average Bonchev–Trinajstić information content (AvgIpc) is 3.73. The topological polar surface area (TPSA) is 134 Å². The van der Waals surface area contributed by atoms with Crippen molar-refractivity contribution in [3.05, 3.63) is 103 Å². The van der Waals surface area contributed by atoms with Crippen molar-refractivity contribution in [3.8, 4) is 0 Å². The third-order valence-corrected chi connectivity index (χ3v) is 14.0. The van der Waals surface area contributed by atoms with Crippen molar-refractivity contribution in [2.45, 2.75) is 95.1 Å². The summed E-state index contributed by atoms with van der Waals surface area (Å²) >= 11 is 23.5. The maximum Gasteiger partial charge on any atom is 0.436 e. The third-order valence-electron chi connectivity index (χ3n) is 12.6. The minimum Gasteiger partial charge on any atom is -0.481 e. The standard InChI is InChI=1S/C24H27Cl2F3N4O2.C19H18Cl2F3N3O3/c1-16-20(26)21(24(27,28)29)30-33(16)15-19(34)31-13-9-23(10-14-31,17-5-7-18(25)8-6-17)22(35)32-11-3-2-4-12-32;1-11-15(21)16(19(22,23)24)25-27(11)10-14(28)26-8-6-18(7-9-26,17(29)30)12-2-4-13(20)5-3-12/h5-8H,2-4,9-15H2,1H3;2-5H,6-10H2,1H3,(H,29,30). The number of aliphatic carboxylic acids is 1. The minimum atomic E-state index is -4.72. The van der Waals surface area contributed by atoms with E-state index >= 15 is 0 Å². The van der Waals surface area contributed by atoms with Crippen molar-refractivity contribution in [2.75, 3.05) is 39.3 Å². The van der Waals surface area contributed by atoms with E-state index in [4.69, 9.17) is 46.4 Å². The van der Waals surface area contributed by atoms with E-state index in [1.807, 2.05) is 17.0 Å². The minimum absolute atomic E-state index is 0.0374. The van der Waals surface area contributed by atoms with E-state index in [0.717, 1.165) is 47.3 Å². The van der Waals surface area contributed by atoms with Crippen molar-refractivity contribution in [1.29, 1.82) is 0 Å². The van der Waals surface area contributed by atoms with E-state index < -0.39 is 63.0 Å². The normalized spacial score (nSPS) is 17.6. The number of piperidine rings is 3. The summed E-state index contributed by atoms with van der Waals surface area (Å²) in [4.78, 5) is 56.3. The van der Waals surface area contributed by atoms with Crippen LogP contribution >= 0.6 is 46.4 Å². The van der Waals surface area contributed by atoms with E-state index in [9.17, 15) is 50.6 Å². The number of carbonyl (C=O) groups excluding carboxylic acids is 3. The van der Waals surface area contributed by atoms with Gasteiger partial charge >= 0.3 is 18.3 Å². The lowest BCUT2D eigenvalue weighted by Gasteiger charge is -2.44. The Morgan fingerprint density at radius 2 is 0.923 bits per heavy atom. The van der Waals surface area contributed by atoms with Crippen LogP contribution in [-0.4, -0.2) is 102 Å². The monoisotopic (exact) mass is 993 g/mol. The summed E-state index contributed by atoms with van der Waals surface area (Å²) in [6.45, 7) is 4.33. The van der Waals surface area contributed by atoms with Crippen molar-refractivity contribution < 1.29 is 50.6 Å². The summed E-state index contributed by atoms with van der Waals surface area (Å²) in [5.74, 6) is -1.75. The highest BCUT2D eigenvalue weighted by molar-refractivity contribution is 6.32. The first-order valence-electron chi connectivity index (χ1n) is 20.7. The van der Waals surface area contributed by atoms with Gasteiger partial charge in [0, 0.05) is 49.3 Å². The number of likely N-dealkylation sites (tertiary alicyclic amines) is 3. The van der Waals surface area contributed by atoms with Crippen LogP contribution in [0.4, 0.5) is 26.3 Å². The second-order valence-corrected chi connectivity index (χ2v) is 18.0. The predicted octanol–water partition coefficient (Wildman–Crippen LogP) is 9.25. The average molecular weight is 996 g/mol. The molecule has 0 spiro atoms. The highest BCUT2D eigenvalue weighted by Gasteiger charge is 2.47. The number of hydrogen-bond acceptors (Lipinski definition) is 6. The molecule has 4 aromatic rings. The van der Waals surface area contributed by atoms with Crippen molar-refractivity contribution in [1.82, 2.24) is 34.3 Å². The molecule has 3 aliphatic heterocycles. The van der Waals surface area contributed by atoms with E-state index in [0.29, 0.717) is 41.5 Å². The quantitative estimate of drug-likeness (QED) is 0.174. The summed E-state index contributed by atoms with van der Waals surface area (Å²) in [5.41, 5.74) is -2.78. The Morgan fingerprint density at radius 1 is 0.569 bits per heavy atom. The maximum absolute atomic E-state index is 13.8. The predicted molar refractivity (Wildman–Crippen MR) is 230 cm³/mol. The molecule has 3 fully saturated rings. The van der Waals surface area contributed by atoms with Crippen LogP contribution in [0.15, 0.2) is 48.5 Å². The number of carboxylic acid groups (broad SMARTS) is 1. The van der Waals surface area contributed by atoms with Crippen LogP contribution in [0.3, 0.4) is 0 Å². The van der Waals surface area contributed by atoms with Gasteiger partial charge in [-0.3, -0.25) is 28.5 Å². The third kappa shape index (κ3) is 10.7. The number of carbonyl (C=O) groups is 4. The fraction of sp³-hybridized carbons (Fsp3) is 0.488. The molecule has 2 aromatic carbocycles. The number of halogens is 10. The molecular formula is C43H45Cl4F6N7O5. The van der Waals surface area contributed by atoms with Gasteiger partial charge in [-0.15, -0.1) is 0 Å². The first-order valence-corrected chi connectivity index (χ1v) is 22.2. The van der Waals surface area contributed by atoms with Gasteiger partial charge in [-0.25, -0.2) is 0 Å². The van der Waals surface area contributed by atoms with Gasteiger partial charge in [-0.1, -0.05) is 70.7 Å². The number of nitrogens with zero attached hydrogens (tertiary/aromatic N) is 7. The molecule has 3 aliphatic rings. The van der Waals surface area contributed by atoms with Crippen LogP contribution in [0, 0.1) is 13.8 Å². The first-order chi connectivity index (χ1) is 30.5. The molecule has 352 valence electrons. The molecule has 0 radical (unpaired) electrons. The molecule has 12 nitrogen and oxygen atoms in total. The summed E-state index contributed by atoms with van der Waals surface area (Å²) in [6, 6.07) is 13.8. The van der Waals surface area contributed by atoms with Gasteiger partial charge in [0.2, 0.25) is 17.7 Å². The number of hydrogen-bond donors (Lipinski definition) is 1. The molecule has 3 saturated heterocycles. The Kier molecular flexibility index (Phi) is 15.2. The van der Waals surface area contributed by atoms with E-state index in [1.54, 1.807) is 41.3 Å². The molecule has 5 heterocycles. The zero-order valence-electron chi connectivity index (χ0n) is 35.2. The van der Waals surface area contributed by atoms with Crippen LogP contribution in [0.5, 0.6) is 0 Å². The number of benzene rings is 2. The summed E-state index contributed by atoms with van der Waals surface area (Å²) in [6.07, 6.45) is -5.20. The van der Waals surface area contributed by atoms with Gasteiger partial charge < -0.3 is 19.8 Å². The zero-order valence-corrected chi connectivity index (χ0v) is 38.2. The molecule has 7 rings (SSSR count). The lowest BCUT2D eigenvalue weighted by Crippen LogP contribution is -2.55. The largest absolute Gasteiger partial charge is 0.481 e. The Bertz CT molecular complexity index is 2380. The van der Waals surface area contributed by atoms with E-state index in [-0.39, 0.29) is 55.7 Å². The van der Waals surface area contributed by atoms with Crippen molar-refractivity contribution in [2.24, 2.45) is 0 Å². The summed E-state index contributed by atoms with van der Waals surface area (Å²) in [5, 5.41) is 16.8. The van der Waals surface area contributed by atoms with E-state index in [2.05, 4.69) is 10.2 Å². The van der Waals surface area contributed by atoms with Gasteiger partial charge in [0.1, 0.15) is 13.1 Å². The van der Waals surface area contributed by atoms with Gasteiger partial charge in [0.25, 0.3) is 0 Å². The zero-order chi connectivity index (χ0) is 47.6. The number of carboxylic acids is 1. The molecule has 22 heteroatoms. The number of alkyl halides is 6. The number of amides is 3. The molecule has 0 saturated carbocycles. The Labute approximate surface area is 390 Å². The van der Waals surface area contributed by atoms with Crippen molar-refractivity contribution >= 4 is 70.1 Å². The highest BCUT2D eigenvalue weighted by atomic mass is 35.5. The van der Waals surface area contributed by atoms with Crippen molar-refractivity contribution in [3.63, 3.8) is 0 Å². The molecule has 65 heavy (non-hydrogen) atoms. The molecule has 3 amide bonds. The van der Waals surface area contributed by atoms with Crippen LogP contribution in [0.25, 0.3) is 0 Å². The SMILES string of the molecule is Cc1c(Cl)c(C(F)(F)F)nn1CC(=O)N1CCC(C(=O)N2CCCCC2)(c2ccc(Cl)cc2)CC1.Cc1c(Cl)c(C(F)(F)F)nn1CC(=O)N1CCC(C(=O)O)(c2ccc(Cl)cc2)CC1. The maximum atomic E-state index is 13.8. The molecule has 0 aliphatic carbocycles. The van der Waals surface area contributed by atoms with Gasteiger partial charge in [-0.05, 0) is 94.2 Å². The lowest BCUT2D eigenvalue weighted by atomic mass is 9.71. The smallest absolute Gasteiger partial charge is 0.436 e. The Balaban J connectivity index is 0.000000218. The molecule has 1 N–H and O–H groups in total. The van der Waals surface area contributed by atoms with Gasteiger partial charge in [0.15, 0.2) is 11.4 Å². The lowest BCUT2D eigenvalue weighted by molar-refractivity contribution is -0.148. The Morgan fingerprint density at radius 3 is 1.26 bits per heavy atom. The van der Waals surface area contributed by atoms with Gasteiger partial charge in [-0.2, -0.15) is 36.5 Å². The summed E-state index contributed by atoms with van der Waals surface area (Å²) in [7, 11) is 0. The first kappa shape index (κ1) is 49.9. The molecular weight excluding hydrogens is 950 g/mol. The molecule has 0 bridgehead atoms. The second kappa shape index (κ2) is 19.8. The van der Waals surface area contributed by atoms with Gasteiger partial charge in [0.05, 0.1) is 32.3 Å². The van der Waals surface area contributed by atoms with E-state index in [1.165, 1.54) is 18.7 Å². The fourth-order valence-corrected chi connectivity index (χ4v) is 9.38. The fourth-order valence-electron chi connectivity index (χ4n) is 8.64. The van der Waals surface area contributed by atoms with Crippen LogP contribution in [-0.2, 0) is 55.5 Å². The number of aromatic nitrogens is 4. The highest BCUT2D eigenvalue weighted by Crippen LogP contribution is 2.41.